The predicted octanol–water partition coefficient (Wildman–Crippen LogP) is 5.11. The van der Waals surface area contributed by atoms with Crippen LogP contribution in [0.15, 0.2) is 78.6 Å². The Labute approximate surface area is 232 Å². The lowest BCUT2D eigenvalue weighted by Gasteiger charge is -2.44. The molecule has 0 bridgehead atoms. The lowest BCUT2D eigenvalue weighted by molar-refractivity contribution is -0.149. The summed E-state index contributed by atoms with van der Waals surface area (Å²) in [6.45, 7) is 1.000. The first-order valence-electron chi connectivity index (χ1n) is 13.7. The number of hydrogen-bond donors (Lipinski definition) is 1. The summed E-state index contributed by atoms with van der Waals surface area (Å²) in [5.41, 5.74) is 2.00. The van der Waals surface area contributed by atoms with Gasteiger partial charge >= 0.3 is 0 Å². The Kier molecular flexibility index (Phi) is 7.40. The van der Waals surface area contributed by atoms with Crippen molar-refractivity contribution in [2.75, 3.05) is 13.2 Å². The number of nitrogens with one attached hydrogen (secondary N) is 1. The average Bonchev–Trinajstić information content (AvgIpc) is 2.98. The van der Waals surface area contributed by atoms with Crippen molar-refractivity contribution in [1.29, 1.82) is 0 Å². The van der Waals surface area contributed by atoms with E-state index in [0.29, 0.717) is 36.8 Å². The summed E-state index contributed by atoms with van der Waals surface area (Å²) in [5, 5.41) is 2.90. The monoisotopic (exact) mass is 542 g/mol. The fourth-order valence-electron chi connectivity index (χ4n) is 5.55. The third-order valence-electron chi connectivity index (χ3n) is 7.59. The summed E-state index contributed by atoms with van der Waals surface area (Å²) in [6.07, 6.45) is 5.17. The van der Waals surface area contributed by atoms with Crippen LogP contribution < -0.4 is 14.8 Å². The smallest absolute Gasteiger partial charge is 0.289 e. The first-order chi connectivity index (χ1) is 19.5. The Morgan fingerprint density at radius 2 is 1.77 bits per heavy atom. The van der Waals surface area contributed by atoms with E-state index in [1.165, 1.54) is 12.1 Å². The molecule has 1 saturated carbocycles. The Bertz CT molecular complexity index is 1420. The molecule has 206 valence electrons. The highest BCUT2D eigenvalue weighted by atomic mass is 19.1. The summed E-state index contributed by atoms with van der Waals surface area (Å²) < 4.78 is 31.6. The number of carbonyl (C=O) groups is 2. The second-order valence-corrected chi connectivity index (χ2v) is 10.4. The van der Waals surface area contributed by atoms with Gasteiger partial charge in [-0.2, -0.15) is 0 Å². The van der Waals surface area contributed by atoms with Crippen molar-refractivity contribution in [1.82, 2.24) is 10.2 Å². The minimum Gasteiger partial charge on any atom is -0.486 e. The van der Waals surface area contributed by atoms with Crippen LogP contribution in [0.1, 0.15) is 47.2 Å². The Morgan fingerprint density at radius 1 is 0.975 bits per heavy atom. The zero-order chi connectivity index (χ0) is 27.5. The highest BCUT2D eigenvalue weighted by Gasteiger charge is 2.41. The number of benzene rings is 3. The Hall–Kier alpha value is -4.33. The molecule has 1 aliphatic carbocycles. The van der Waals surface area contributed by atoms with E-state index in [1.807, 2.05) is 35.2 Å². The van der Waals surface area contributed by atoms with Gasteiger partial charge in [0.2, 0.25) is 0 Å². The number of para-hydroxylation sites is 2. The van der Waals surface area contributed by atoms with Gasteiger partial charge in [0.05, 0.1) is 12.6 Å². The van der Waals surface area contributed by atoms with E-state index in [2.05, 4.69) is 5.32 Å². The third kappa shape index (κ3) is 5.66. The molecule has 0 radical (unpaired) electrons. The molecule has 6 rings (SSSR count). The minimum atomic E-state index is -0.316. The van der Waals surface area contributed by atoms with Crippen molar-refractivity contribution >= 4 is 17.9 Å². The molecule has 7 nitrogen and oxygen atoms in total. The summed E-state index contributed by atoms with van der Waals surface area (Å²) in [6, 6.07) is 20.8. The number of carbonyl (C=O) groups excluding carboxylic acids is 2. The molecule has 40 heavy (non-hydrogen) atoms. The molecule has 3 aromatic carbocycles. The SMILES string of the molecule is O=C(NCC1COc2ccccc2O1)c1ccc(/C=C2\OC3CCCCC3N(Cc3cccc(F)c3)C2=O)cc1. The van der Waals surface area contributed by atoms with Gasteiger partial charge in [-0.15, -0.1) is 0 Å². The lowest BCUT2D eigenvalue weighted by Crippen LogP contribution is -2.54. The van der Waals surface area contributed by atoms with Crippen LogP contribution in [0.2, 0.25) is 0 Å². The van der Waals surface area contributed by atoms with Gasteiger partial charge in [0.15, 0.2) is 17.3 Å². The van der Waals surface area contributed by atoms with Crippen molar-refractivity contribution in [3.63, 3.8) is 0 Å². The Balaban J connectivity index is 1.11. The fraction of sp³-hybridized carbons (Fsp3) is 0.312. The van der Waals surface area contributed by atoms with E-state index in [1.54, 1.807) is 36.4 Å². The molecule has 2 heterocycles. The van der Waals surface area contributed by atoms with Gasteiger partial charge in [0.25, 0.3) is 11.8 Å². The molecule has 3 aliphatic rings. The van der Waals surface area contributed by atoms with Crippen LogP contribution in [-0.4, -0.2) is 48.1 Å². The van der Waals surface area contributed by atoms with E-state index in [9.17, 15) is 14.0 Å². The highest BCUT2D eigenvalue weighted by Crippen LogP contribution is 2.34. The molecule has 1 N–H and O–H groups in total. The van der Waals surface area contributed by atoms with Crippen LogP contribution in [0.4, 0.5) is 4.39 Å². The second kappa shape index (κ2) is 11.4. The van der Waals surface area contributed by atoms with Crippen molar-refractivity contribution in [2.24, 2.45) is 0 Å². The zero-order valence-electron chi connectivity index (χ0n) is 22.1. The van der Waals surface area contributed by atoms with Gasteiger partial charge in [0.1, 0.15) is 24.6 Å². The topological polar surface area (TPSA) is 77.1 Å². The van der Waals surface area contributed by atoms with Crippen LogP contribution >= 0.6 is 0 Å². The van der Waals surface area contributed by atoms with Crippen LogP contribution in [-0.2, 0) is 16.1 Å². The molecule has 3 unspecified atom stereocenters. The number of ether oxygens (including phenoxy) is 3. The normalized spacial score (nSPS) is 22.8. The van der Waals surface area contributed by atoms with Gasteiger partial charge < -0.3 is 24.4 Å². The van der Waals surface area contributed by atoms with Crippen LogP contribution in [0.3, 0.4) is 0 Å². The minimum absolute atomic E-state index is 0.0280. The molecule has 8 heteroatoms. The number of halogens is 1. The number of nitrogens with zero attached hydrogens (tertiary/aromatic N) is 1. The van der Waals surface area contributed by atoms with E-state index in [0.717, 1.165) is 36.8 Å². The molecule has 0 aromatic heterocycles. The summed E-state index contributed by atoms with van der Waals surface area (Å²) in [4.78, 5) is 28.1. The summed E-state index contributed by atoms with van der Waals surface area (Å²) >= 11 is 0. The van der Waals surface area contributed by atoms with Gasteiger partial charge in [-0.3, -0.25) is 9.59 Å². The van der Waals surface area contributed by atoms with Gasteiger partial charge in [0, 0.05) is 12.1 Å². The van der Waals surface area contributed by atoms with E-state index < -0.39 is 0 Å². The van der Waals surface area contributed by atoms with Crippen LogP contribution in [0.25, 0.3) is 6.08 Å². The van der Waals surface area contributed by atoms with Gasteiger partial charge in [-0.05, 0) is 72.9 Å². The van der Waals surface area contributed by atoms with Crippen molar-refractivity contribution in [2.45, 2.75) is 50.5 Å². The molecule has 1 saturated heterocycles. The number of fused-ring (bicyclic) bond motifs is 2. The Morgan fingerprint density at radius 3 is 2.60 bits per heavy atom. The zero-order valence-corrected chi connectivity index (χ0v) is 22.1. The molecule has 2 aliphatic heterocycles. The van der Waals surface area contributed by atoms with Crippen molar-refractivity contribution < 1.29 is 28.2 Å². The molecular weight excluding hydrogens is 511 g/mol. The fourth-order valence-corrected chi connectivity index (χ4v) is 5.55. The number of morpholine rings is 1. The van der Waals surface area contributed by atoms with Crippen LogP contribution in [0.5, 0.6) is 11.5 Å². The standard InChI is InChI=1S/C32H31FN2O5/c33-24-7-5-6-22(16-24)19-35-26-8-1-2-9-27(26)40-30(32(35)37)17-21-12-14-23(15-13-21)31(36)34-18-25-20-38-28-10-3-4-11-29(28)39-25/h3-7,10-17,25-27H,1-2,8-9,18-20H2,(H,34,36)/b30-17-. The summed E-state index contributed by atoms with van der Waals surface area (Å²) in [5.74, 6) is 0.892. The van der Waals surface area contributed by atoms with Gasteiger partial charge in [-0.1, -0.05) is 42.8 Å². The molecule has 3 atom stereocenters. The second-order valence-electron chi connectivity index (χ2n) is 10.4. The first kappa shape index (κ1) is 25.9. The number of hydrogen-bond acceptors (Lipinski definition) is 5. The maximum atomic E-state index is 13.8. The number of amides is 2. The first-order valence-corrected chi connectivity index (χ1v) is 13.7. The maximum absolute atomic E-state index is 13.8. The molecule has 3 aromatic rings. The molecule has 0 spiro atoms. The third-order valence-corrected chi connectivity index (χ3v) is 7.59. The van der Waals surface area contributed by atoms with Crippen molar-refractivity contribution in [3.8, 4) is 11.5 Å². The van der Waals surface area contributed by atoms with Crippen LogP contribution in [0, 0.1) is 5.82 Å². The molecule has 2 amide bonds. The van der Waals surface area contributed by atoms with E-state index in [-0.39, 0.29) is 41.6 Å². The molecule has 2 fully saturated rings. The van der Waals surface area contributed by atoms with E-state index in [4.69, 9.17) is 14.2 Å². The number of rotatable bonds is 6. The van der Waals surface area contributed by atoms with E-state index >= 15 is 0 Å². The largest absolute Gasteiger partial charge is 0.486 e. The van der Waals surface area contributed by atoms with Crippen molar-refractivity contribution in [3.05, 3.63) is 101 Å². The predicted molar refractivity (Wildman–Crippen MR) is 147 cm³/mol. The maximum Gasteiger partial charge on any atom is 0.289 e. The highest BCUT2D eigenvalue weighted by molar-refractivity contribution is 5.97. The van der Waals surface area contributed by atoms with Gasteiger partial charge in [-0.25, -0.2) is 4.39 Å². The molecular formula is C32H31FN2O5. The summed E-state index contributed by atoms with van der Waals surface area (Å²) in [7, 11) is 0. The quantitative estimate of drug-likeness (QED) is 0.439. The average molecular weight is 543 g/mol. The lowest BCUT2D eigenvalue weighted by atomic mass is 9.89.